The van der Waals surface area contributed by atoms with Crippen molar-refractivity contribution in [2.75, 3.05) is 5.09 Å². The summed E-state index contributed by atoms with van der Waals surface area (Å²) in [5.41, 5.74) is 0.633. The van der Waals surface area contributed by atoms with Crippen LogP contribution in [0.3, 0.4) is 0 Å². The smallest absolute Gasteiger partial charge is 0.282 e. The largest absolute Gasteiger partial charge is 0.353 e. The molecule has 1 rings (SSSR count). The van der Waals surface area contributed by atoms with Crippen LogP contribution >= 0.6 is 25.3 Å². The topological polar surface area (TPSA) is 59.5 Å². The zero-order valence-electron chi connectivity index (χ0n) is 7.54. The van der Waals surface area contributed by atoms with Crippen molar-refractivity contribution in [2.45, 2.75) is 0 Å². The lowest BCUT2D eigenvalue weighted by Gasteiger charge is -2.09. The molecule has 1 N–H and O–H groups in total. The number of nitro benzene ring substituents is 1. The zero-order valence-corrected chi connectivity index (χ0v) is 10.7. The number of nitrogens with zero attached hydrogens (tertiary/aromatic N) is 2. The van der Waals surface area contributed by atoms with Gasteiger partial charge in [-0.05, 0) is 6.07 Å². The molecule has 0 radical (unpaired) electrons. The number of rotatable bonds is 3. The standard InChI is InChI=1S/C7H8N3O2P3/c1-8-5-2-3-6(9-15(13)14)7(4-5)10(11)12/h2-4,9H,13-14H2. The molecule has 0 saturated heterocycles. The summed E-state index contributed by atoms with van der Waals surface area (Å²) >= 11 is 0. The monoisotopic (exact) mass is 259 g/mol. The van der Waals surface area contributed by atoms with E-state index in [2.05, 4.69) is 27.8 Å². The average molecular weight is 259 g/mol. The maximum Gasteiger partial charge on any atom is 0.282 e. The highest BCUT2D eigenvalue weighted by Gasteiger charge is 2.14. The van der Waals surface area contributed by atoms with E-state index in [4.69, 9.17) is 6.57 Å². The van der Waals surface area contributed by atoms with Gasteiger partial charge in [0.05, 0.1) is 11.5 Å². The lowest BCUT2D eigenvalue weighted by Crippen LogP contribution is -1.93. The average Bonchev–Trinajstić information content (AvgIpc) is 2.17. The van der Waals surface area contributed by atoms with Crippen LogP contribution in [0.25, 0.3) is 4.85 Å². The van der Waals surface area contributed by atoms with Gasteiger partial charge in [-0.2, -0.15) is 0 Å². The van der Waals surface area contributed by atoms with Crippen molar-refractivity contribution in [1.82, 2.24) is 0 Å². The number of hydrogen-bond donors (Lipinski definition) is 1. The van der Waals surface area contributed by atoms with Crippen molar-refractivity contribution in [2.24, 2.45) is 0 Å². The lowest BCUT2D eigenvalue weighted by molar-refractivity contribution is -0.383. The Hall–Kier alpha value is -0.800. The van der Waals surface area contributed by atoms with Gasteiger partial charge in [-0.1, -0.05) is 23.9 Å². The summed E-state index contributed by atoms with van der Waals surface area (Å²) in [4.78, 5) is 13.4. The molecule has 1 aromatic rings. The molecule has 8 heteroatoms. The van der Waals surface area contributed by atoms with Crippen LogP contribution in [0.5, 0.6) is 0 Å². The lowest BCUT2D eigenvalue weighted by atomic mass is 10.2. The Bertz CT molecular complexity index is 430. The summed E-state index contributed by atoms with van der Waals surface area (Å²) in [5.74, 6) is 0. The Kier molecular flexibility index (Phi) is 4.36. The molecular weight excluding hydrogens is 251 g/mol. The number of nitro groups is 1. The SMILES string of the molecule is [C-]#[N+]c1ccc(NP(P)P)c([N+](=O)[O-])c1. The maximum absolute atomic E-state index is 10.7. The van der Waals surface area contributed by atoms with Crippen LogP contribution in [-0.4, -0.2) is 4.92 Å². The van der Waals surface area contributed by atoms with Gasteiger partial charge in [0.2, 0.25) is 0 Å². The highest BCUT2D eigenvalue weighted by molar-refractivity contribution is 8.43. The predicted molar refractivity (Wildman–Crippen MR) is 69.3 cm³/mol. The minimum Gasteiger partial charge on any atom is -0.353 e. The van der Waals surface area contributed by atoms with E-state index in [9.17, 15) is 10.1 Å². The maximum atomic E-state index is 10.7. The van der Waals surface area contributed by atoms with Gasteiger partial charge >= 0.3 is 0 Å². The second-order valence-corrected chi connectivity index (χ2v) is 8.75. The van der Waals surface area contributed by atoms with Gasteiger partial charge in [0, 0.05) is 13.5 Å². The van der Waals surface area contributed by atoms with Crippen LogP contribution in [0.2, 0.25) is 0 Å². The van der Waals surface area contributed by atoms with Crippen molar-refractivity contribution < 1.29 is 4.92 Å². The third-order valence-electron chi connectivity index (χ3n) is 1.56. The van der Waals surface area contributed by atoms with E-state index in [0.29, 0.717) is 5.69 Å². The third kappa shape index (κ3) is 3.36. The first-order chi connectivity index (χ1) is 7.04. The molecule has 2 unspecified atom stereocenters. The summed E-state index contributed by atoms with van der Waals surface area (Å²) in [6.07, 6.45) is 0. The summed E-state index contributed by atoms with van der Waals surface area (Å²) < 4.78 is 0. The fraction of sp³-hybridized carbons (Fsp3) is 0. The van der Waals surface area contributed by atoms with Crippen LogP contribution in [-0.2, 0) is 0 Å². The van der Waals surface area contributed by atoms with E-state index < -0.39 is 12.4 Å². The van der Waals surface area contributed by atoms with Crippen molar-refractivity contribution in [1.29, 1.82) is 0 Å². The molecule has 0 aromatic heterocycles. The van der Waals surface area contributed by atoms with E-state index in [1.807, 2.05) is 0 Å². The van der Waals surface area contributed by atoms with Crippen molar-refractivity contribution >= 4 is 42.4 Å². The molecule has 0 spiro atoms. The second-order valence-electron chi connectivity index (χ2n) is 2.59. The van der Waals surface area contributed by atoms with E-state index in [1.54, 1.807) is 12.1 Å². The summed E-state index contributed by atoms with van der Waals surface area (Å²) in [7, 11) is 4.41. The van der Waals surface area contributed by atoms with Crippen LogP contribution in [0, 0.1) is 16.7 Å². The van der Waals surface area contributed by atoms with Gasteiger partial charge in [0.1, 0.15) is 5.69 Å². The third-order valence-corrected chi connectivity index (χ3v) is 2.83. The Morgan fingerprint density at radius 2 is 2.20 bits per heavy atom. The number of benzene rings is 1. The number of hydrogen-bond acceptors (Lipinski definition) is 3. The molecule has 0 bridgehead atoms. The molecule has 1 aromatic carbocycles. The first-order valence-electron chi connectivity index (χ1n) is 3.76. The summed E-state index contributed by atoms with van der Waals surface area (Å²) in [5, 5.41) is 13.7. The fourth-order valence-corrected chi connectivity index (χ4v) is 2.28. The van der Waals surface area contributed by atoms with Gasteiger partial charge in [-0.25, -0.2) is 4.85 Å². The van der Waals surface area contributed by atoms with E-state index in [1.165, 1.54) is 6.07 Å². The van der Waals surface area contributed by atoms with Crippen LogP contribution < -0.4 is 5.09 Å². The highest BCUT2D eigenvalue weighted by atomic mass is 32.4. The molecule has 2 atom stereocenters. The summed E-state index contributed by atoms with van der Waals surface area (Å²) in [6, 6.07) is 4.37. The molecule has 0 saturated carbocycles. The first-order valence-corrected chi connectivity index (χ1v) is 8.34. The predicted octanol–water partition coefficient (Wildman–Crippen LogP) is 3.53. The van der Waals surface area contributed by atoms with Crippen molar-refractivity contribution in [3.63, 3.8) is 0 Å². The van der Waals surface area contributed by atoms with Crippen LogP contribution in [0.4, 0.5) is 17.1 Å². The van der Waals surface area contributed by atoms with Crippen molar-refractivity contribution in [3.8, 4) is 0 Å². The second kappa shape index (κ2) is 5.33. The molecule has 0 aliphatic heterocycles. The minimum absolute atomic E-state index is 0.0686. The van der Waals surface area contributed by atoms with Gasteiger partial charge in [-0.15, -0.1) is 0 Å². The molecule has 0 aliphatic rings. The molecule has 78 valence electrons. The molecule has 0 aliphatic carbocycles. The van der Waals surface area contributed by atoms with Gasteiger partial charge in [0.15, 0.2) is 5.69 Å². The van der Waals surface area contributed by atoms with E-state index in [-0.39, 0.29) is 11.4 Å². The molecular formula is C7H8N3O2P3. The quantitative estimate of drug-likeness (QED) is 0.391. The highest BCUT2D eigenvalue weighted by Crippen LogP contribution is 2.53. The van der Waals surface area contributed by atoms with E-state index in [0.717, 1.165) is 0 Å². The van der Waals surface area contributed by atoms with Crippen LogP contribution in [0.15, 0.2) is 18.2 Å². The molecule has 0 amide bonds. The van der Waals surface area contributed by atoms with Crippen LogP contribution in [0.1, 0.15) is 0 Å². The van der Waals surface area contributed by atoms with Gasteiger partial charge in [0.25, 0.3) is 5.69 Å². The molecule has 0 fully saturated rings. The fourth-order valence-electron chi connectivity index (χ4n) is 0.974. The molecule has 5 nitrogen and oxygen atoms in total. The van der Waals surface area contributed by atoms with E-state index >= 15 is 0 Å². The molecule has 0 heterocycles. The van der Waals surface area contributed by atoms with Gasteiger partial charge < -0.3 is 5.09 Å². The van der Waals surface area contributed by atoms with Crippen molar-refractivity contribution in [3.05, 3.63) is 39.7 Å². The Balaban J connectivity index is 3.16. The van der Waals surface area contributed by atoms with Gasteiger partial charge in [-0.3, -0.25) is 10.1 Å². The molecule has 15 heavy (non-hydrogen) atoms. The number of nitrogens with one attached hydrogen (secondary N) is 1. The zero-order chi connectivity index (χ0) is 11.4. The Labute approximate surface area is 92.6 Å². The number of anilines is 1. The Morgan fingerprint density at radius 1 is 1.53 bits per heavy atom. The minimum atomic E-state index is -0.630. The summed E-state index contributed by atoms with van der Waals surface area (Å²) in [6.45, 7) is 6.77. The Morgan fingerprint density at radius 3 is 2.67 bits per heavy atom. The first kappa shape index (κ1) is 12.3. The normalized spacial score (nSPS) is 9.73.